The summed E-state index contributed by atoms with van der Waals surface area (Å²) < 4.78 is 0. The highest BCUT2D eigenvalue weighted by molar-refractivity contribution is 5.64. The van der Waals surface area contributed by atoms with Crippen LogP contribution in [0.4, 0.5) is 5.69 Å². The van der Waals surface area contributed by atoms with E-state index in [2.05, 4.69) is 35.3 Å². The molecule has 0 radical (unpaired) electrons. The summed E-state index contributed by atoms with van der Waals surface area (Å²) in [4.78, 5) is 6.59. The van der Waals surface area contributed by atoms with Crippen LogP contribution in [0, 0.1) is 0 Å². The molecule has 1 N–H and O–H groups in total. The fourth-order valence-corrected chi connectivity index (χ4v) is 1.57. The van der Waals surface area contributed by atoms with Crippen LogP contribution in [0.5, 0.6) is 0 Å². The van der Waals surface area contributed by atoms with Crippen molar-refractivity contribution in [2.75, 3.05) is 11.9 Å². The first-order valence-corrected chi connectivity index (χ1v) is 5.58. The molecule has 16 heavy (non-hydrogen) atoms. The second-order valence-electron chi connectivity index (χ2n) is 4.11. The van der Waals surface area contributed by atoms with Crippen molar-refractivity contribution in [2.45, 2.75) is 19.9 Å². The standard InChI is InChI=1S/C13H17N3/c1-11(2)16-9-8-14-13(10-16)15-12-6-4-3-5-7-12/h3-8,10-11,15H,9H2,1-2H3. The van der Waals surface area contributed by atoms with Crippen molar-refractivity contribution in [1.29, 1.82) is 0 Å². The van der Waals surface area contributed by atoms with Crippen molar-refractivity contribution in [3.05, 3.63) is 42.4 Å². The lowest BCUT2D eigenvalue weighted by Crippen LogP contribution is -2.30. The lowest BCUT2D eigenvalue weighted by molar-refractivity contribution is 0.347. The average Bonchev–Trinajstić information content (AvgIpc) is 2.30. The molecular formula is C13H17N3. The summed E-state index contributed by atoms with van der Waals surface area (Å²) >= 11 is 0. The summed E-state index contributed by atoms with van der Waals surface area (Å²) in [5.41, 5.74) is 1.07. The lowest BCUT2D eigenvalue weighted by Gasteiger charge is -2.26. The second kappa shape index (κ2) is 4.84. The lowest BCUT2D eigenvalue weighted by atomic mass is 10.3. The SMILES string of the molecule is CC(C)N1C=C(Nc2ccccc2)N=CC1. The number of aliphatic imine (C=N–C) groups is 1. The number of hydrogen-bond donors (Lipinski definition) is 1. The smallest absolute Gasteiger partial charge is 0.146 e. The number of para-hydroxylation sites is 1. The molecule has 0 saturated carbocycles. The van der Waals surface area contributed by atoms with Crippen LogP contribution < -0.4 is 5.32 Å². The van der Waals surface area contributed by atoms with Crippen LogP contribution in [0.25, 0.3) is 0 Å². The normalized spacial score (nSPS) is 15.2. The molecule has 1 aliphatic rings. The third-order valence-electron chi connectivity index (χ3n) is 2.52. The quantitative estimate of drug-likeness (QED) is 0.839. The molecule has 0 bridgehead atoms. The van der Waals surface area contributed by atoms with E-state index in [9.17, 15) is 0 Å². The molecule has 1 aromatic rings. The van der Waals surface area contributed by atoms with Gasteiger partial charge in [0.25, 0.3) is 0 Å². The zero-order chi connectivity index (χ0) is 11.4. The van der Waals surface area contributed by atoms with E-state index in [1.165, 1.54) is 0 Å². The first-order chi connectivity index (χ1) is 7.75. The van der Waals surface area contributed by atoms with Gasteiger partial charge in [-0.1, -0.05) is 18.2 Å². The third-order valence-corrected chi connectivity index (χ3v) is 2.52. The van der Waals surface area contributed by atoms with Crippen molar-refractivity contribution in [3.8, 4) is 0 Å². The van der Waals surface area contributed by atoms with Crippen LogP contribution in [-0.4, -0.2) is 23.7 Å². The highest BCUT2D eigenvalue weighted by Gasteiger charge is 2.09. The van der Waals surface area contributed by atoms with Crippen LogP contribution in [-0.2, 0) is 0 Å². The minimum Gasteiger partial charge on any atom is -0.367 e. The monoisotopic (exact) mass is 215 g/mol. The van der Waals surface area contributed by atoms with Gasteiger partial charge in [-0.2, -0.15) is 0 Å². The Kier molecular flexibility index (Phi) is 3.25. The fourth-order valence-electron chi connectivity index (χ4n) is 1.57. The minimum atomic E-state index is 0.499. The molecule has 0 saturated heterocycles. The van der Waals surface area contributed by atoms with Gasteiger partial charge in [0.1, 0.15) is 5.82 Å². The molecule has 0 aliphatic carbocycles. The number of anilines is 1. The van der Waals surface area contributed by atoms with Gasteiger partial charge in [0, 0.05) is 24.1 Å². The van der Waals surface area contributed by atoms with Gasteiger partial charge in [-0.25, -0.2) is 4.99 Å². The third kappa shape index (κ3) is 2.63. The molecule has 3 nitrogen and oxygen atoms in total. The van der Waals surface area contributed by atoms with Crippen LogP contribution in [0.2, 0.25) is 0 Å². The maximum atomic E-state index is 4.34. The Morgan fingerprint density at radius 2 is 2.00 bits per heavy atom. The Morgan fingerprint density at radius 3 is 2.69 bits per heavy atom. The van der Waals surface area contributed by atoms with Crippen molar-refractivity contribution in [2.24, 2.45) is 4.99 Å². The summed E-state index contributed by atoms with van der Waals surface area (Å²) in [7, 11) is 0. The highest BCUT2D eigenvalue weighted by atomic mass is 15.2. The van der Waals surface area contributed by atoms with Crippen molar-refractivity contribution in [3.63, 3.8) is 0 Å². The van der Waals surface area contributed by atoms with Gasteiger partial charge in [-0.3, -0.25) is 0 Å². The predicted molar refractivity (Wildman–Crippen MR) is 68.5 cm³/mol. The van der Waals surface area contributed by atoms with Gasteiger partial charge in [0.05, 0.1) is 6.54 Å². The van der Waals surface area contributed by atoms with Gasteiger partial charge < -0.3 is 10.2 Å². The Balaban J connectivity index is 2.07. The van der Waals surface area contributed by atoms with Gasteiger partial charge in [-0.05, 0) is 26.0 Å². The number of hydrogen-bond acceptors (Lipinski definition) is 3. The summed E-state index contributed by atoms with van der Waals surface area (Å²) in [5.74, 6) is 0.895. The van der Waals surface area contributed by atoms with E-state index in [1.54, 1.807) is 0 Å². The summed E-state index contributed by atoms with van der Waals surface area (Å²) in [6.07, 6.45) is 4.00. The molecule has 84 valence electrons. The molecule has 0 amide bonds. The molecule has 0 aromatic heterocycles. The molecule has 1 aromatic carbocycles. The maximum absolute atomic E-state index is 4.34. The molecule has 3 heteroatoms. The van der Waals surface area contributed by atoms with E-state index in [4.69, 9.17) is 0 Å². The first-order valence-electron chi connectivity index (χ1n) is 5.58. The van der Waals surface area contributed by atoms with Crippen LogP contribution in [0.3, 0.4) is 0 Å². The molecule has 2 rings (SSSR count). The van der Waals surface area contributed by atoms with Crippen molar-refractivity contribution >= 4 is 11.9 Å². The van der Waals surface area contributed by atoms with Gasteiger partial charge >= 0.3 is 0 Å². The van der Waals surface area contributed by atoms with Crippen molar-refractivity contribution < 1.29 is 0 Å². The summed E-state index contributed by atoms with van der Waals surface area (Å²) in [5, 5.41) is 3.29. The topological polar surface area (TPSA) is 27.6 Å². The van der Waals surface area contributed by atoms with Gasteiger partial charge in [-0.15, -0.1) is 0 Å². The maximum Gasteiger partial charge on any atom is 0.146 e. The Bertz CT molecular complexity index is 393. The number of benzene rings is 1. The van der Waals surface area contributed by atoms with E-state index >= 15 is 0 Å². The molecule has 1 aliphatic heterocycles. The van der Waals surface area contributed by atoms with E-state index in [1.807, 2.05) is 36.5 Å². The zero-order valence-electron chi connectivity index (χ0n) is 9.72. The van der Waals surface area contributed by atoms with E-state index < -0.39 is 0 Å². The number of nitrogens with one attached hydrogen (secondary N) is 1. The van der Waals surface area contributed by atoms with E-state index in [-0.39, 0.29) is 0 Å². The molecule has 0 fully saturated rings. The van der Waals surface area contributed by atoms with Crippen molar-refractivity contribution in [1.82, 2.24) is 4.90 Å². The van der Waals surface area contributed by atoms with Crippen LogP contribution in [0.15, 0.2) is 47.3 Å². The van der Waals surface area contributed by atoms with Gasteiger partial charge in [0.15, 0.2) is 0 Å². The molecule has 0 unspecified atom stereocenters. The predicted octanol–water partition coefficient (Wildman–Crippen LogP) is 2.69. The average molecular weight is 215 g/mol. The Labute approximate surface area is 96.5 Å². The summed E-state index contributed by atoms with van der Waals surface area (Å²) in [6, 6.07) is 10.6. The summed E-state index contributed by atoms with van der Waals surface area (Å²) in [6.45, 7) is 5.24. The van der Waals surface area contributed by atoms with Gasteiger partial charge in [0.2, 0.25) is 0 Å². The Hall–Kier alpha value is -1.77. The first kappa shape index (κ1) is 10.7. The number of nitrogens with zero attached hydrogens (tertiary/aromatic N) is 2. The van der Waals surface area contributed by atoms with E-state index in [0.29, 0.717) is 6.04 Å². The van der Waals surface area contributed by atoms with Crippen LogP contribution >= 0.6 is 0 Å². The second-order valence-corrected chi connectivity index (χ2v) is 4.11. The minimum absolute atomic E-state index is 0.499. The molecule has 0 atom stereocenters. The van der Waals surface area contributed by atoms with E-state index in [0.717, 1.165) is 18.1 Å². The Morgan fingerprint density at radius 1 is 1.25 bits per heavy atom. The molecular weight excluding hydrogens is 198 g/mol. The zero-order valence-corrected chi connectivity index (χ0v) is 9.72. The van der Waals surface area contributed by atoms with Crippen LogP contribution in [0.1, 0.15) is 13.8 Å². The number of rotatable bonds is 3. The highest BCUT2D eigenvalue weighted by Crippen LogP contribution is 2.13. The fraction of sp³-hybridized carbons (Fsp3) is 0.308. The largest absolute Gasteiger partial charge is 0.367 e. The molecule has 0 spiro atoms. The molecule has 1 heterocycles.